The van der Waals surface area contributed by atoms with Gasteiger partial charge in [0.1, 0.15) is 5.84 Å². The van der Waals surface area contributed by atoms with E-state index in [1.165, 1.54) is 0 Å². The predicted molar refractivity (Wildman–Crippen MR) is 122 cm³/mol. The minimum absolute atomic E-state index is 0.0949. The number of nitrogens with one attached hydrogen (secondary N) is 3. The number of rotatable bonds is 9. The molecule has 5 N–H and O–H groups in total. The smallest absolute Gasteiger partial charge is 0.226 e. The molecule has 31 heavy (non-hydrogen) atoms. The van der Waals surface area contributed by atoms with Crippen molar-refractivity contribution in [3.05, 3.63) is 102 Å². The van der Waals surface area contributed by atoms with Crippen molar-refractivity contribution >= 4 is 27.5 Å². The first-order chi connectivity index (χ1) is 14.8. The summed E-state index contributed by atoms with van der Waals surface area (Å²) in [5.41, 5.74) is 7.81. The molecule has 0 spiro atoms. The van der Waals surface area contributed by atoms with Gasteiger partial charge in [0, 0.05) is 17.7 Å². The molecule has 0 aromatic heterocycles. The molecule has 8 heteroatoms. The Kier molecular flexibility index (Phi) is 7.17. The molecule has 1 unspecified atom stereocenters. The second-order valence-corrected chi connectivity index (χ2v) is 8.83. The number of nitrogen functional groups attached to an aromatic ring is 1. The third-order valence-corrected chi connectivity index (χ3v) is 5.93. The van der Waals surface area contributed by atoms with Gasteiger partial charge in [-0.05, 0) is 23.3 Å². The molecule has 0 heterocycles. The van der Waals surface area contributed by atoms with Crippen LogP contribution in [0.1, 0.15) is 29.2 Å². The lowest BCUT2D eigenvalue weighted by Gasteiger charge is -2.19. The van der Waals surface area contributed by atoms with E-state index in [9.17, 15) is 13.2 Å². The fourth-order valence-corrected chi connectivity index (χ4v) is 4.49. The zero-order valence-electron chi connectivity index (χ0n) is 16.8. The SMILES string of the molecule is N=C(N)c1cccc(NC(=O)CC(NS(=O)(=O)Cc2ccccc2)c2ccccc2)c1. The molecule has 160 valence electrons. The maximum Gasteiger partial charge on any atom is 0.226 e. The number of hydrogen-bond acceptors (Lipinski definition) is 4. The van der Waals surface area contributed by atoms with Gasteiger partial charge in [0.15, 0.2) is 0 Å². The monoisotopic (exact) mass is 436 g/mol. The molecule has 1 atom stereocenters. The molecule has 3 aromatic rings. The minimum atomic E-state index is -3.69. The molecule has 0 radical (unpaired) electrons. The van der Waals surface area contributed by atoms with Gasteiger partial charge in [-0.25, -0.2) is 13.1 Å². The molecule has 0 aliphatic carbocycles. The highest BCUT2D eigenvalue weighted by atomic mass is 32.2. The van der Waals surface area contributed by atoms with Crippen LogP contribution in [0, 0.1) is 5.41 Å². The van der Waals surface area contributed by atoms with Crippen molar-refractivity contribution in [3.63, 3.8) is 0 Å². The van der Waals surface area contributed by atoms with E-state index in [2.05, 4.69) is 10.0 Å². The van der Waals surface area contributed by atoms with Crippen LogP contribution < -0.4 is 15.8 Å². The van der Waals surface area contributed by atoms with Gasteiger partial charge >= 0.3 is 0 Å². The van der Waals surface area contributed by atoms with Gasteiger partial charge in [-0.3, -0.25) is 10.2 Å². The van der Waals surface area contributed by atoms with E-state index >= 15 is 0 Å². The van der Waals surface area contributed by atoms with Gasteiger partial charge in [-0.1, -0.05) is 72.8 Å². The second kappa shape index (κ2) is 10.0. The van der Waals surface area contributed by atoms with E-state index in [1.54, 1.807) is 72.8 Å². The van der Waals surface area contributed by atoms with Crippen LogP contribution in [0.2, 0.25) is 0 Å². The van der Waals surface area contributed by atoms with Gasteiger partial charge in [0.25, 0.3) is 0 Å². The summed E-state index contributed by atoms with van der Waals surface area (Å²) in [6.07, 6.45) is -0.0949. The van der Waals surface area contributed by atoms with Crippen LogP contribution in [0.5, 0.6) is 0 Å². The average molecular weight is 437 g/mol. The zero-order chi connectivity index (χ0) is 22.3. The number of amidine groups is 1. The van der Waals surface area contributed by atoms with Crippen LogP contribution in [0.25, 0.3) is 0 Å². The normalized spacial score (nSPS) is 12.1. The first-order valence-corrected chi connectivity index (χ1v) is 11.3. The van der Waals surface area contributed by atoms with E-state index in [1.807, 2.05) is 12.1 Å². The Morgan fingerprint density at radius 3 is 2.23 bits per heavy atom. The van der Waals surface area contributed by atoms with Crippen molar-refractivity contribution in [3.8, 4) is 0 Å². The lowest BCUT2D eigenvalue weighted by atomic mass is 10.0. The zero-order valence-corrected chi connectivity index (χ0v) is 17.6. The standard InChI is InChI=1S/C23H24N4O3S/c24-23(25)19-12-7-13-20(14-19)26-22(28)15-21(18-10-5-2-6-11-18)27-31(29,30)16-17-8-3-1-4-9-17/h1-14,21,27H,15-16H2,(H3,24,25)(H,26,28). The van der Waals surface area contributed by atoms with Crippen molar-refractivity contribution in [2.45, 2.75) is 18.2 Å². The number of nitrogens with two attached hydrogens (primary N) is 1. The van der Waals surface area contributed by atoms with Crippen LogP contribution in [0.15, 0.2) is 84.9 Å². The predicted octanol–water partition coefficient (Wildman–Crippen LogP) is 3.16. The molecule has 0 saturated heterocycles. The summed E-state index contributed by atoms with van der Waals surface area (Å²) < 4.78 is 28.2. The van der Waals surface area contributed by atoms with Gasteiger partial charge in [-0.15, -0.1) is 0 Å². The number of carbonyl (C=O) groups is 1. The topological polar surface area (TPSA) is 125 Å². The maximum absolute atomic E-state index is 12.8. The number of carbonyl (C=O) groups excluding carboxylic acids is 1. The molecule has 1 amide bonds. The largest absolute Gasteiger partial charge is 0.384 e. The molecular weight excluding hydrogens is 412 g/mol. The first kappa shape index (κ1) is 22.2. The molecule has 3 aromatic carbocycles. The third-order valence-electron chi connectivity index (χ3n) is 4.57. The highest BCUT2D eigenvalue weighted by Crippen LogP contribution is 2.20. The second-order valence-electron chi connectivity index (χ2n) is 7.07. The summed E-state index contributed by atoms with van der Waals surface area (Å²) in [4.78, 5) is 12.7. The Balaban J connectivity index is 1.76. The number of amides is 1. The van der Waals surface area contributed by atoms with Crippen LogP contribution in [0.4, 0.5) is 5.69 Å². The summed E-state index contributed by atoms with van der Waals surface area (Å²) in [7, 11) is -3.69. The molecule has 0 saturated carbocycles. The quantitative estimate of drug-likeness (QED) is 0.304. The van der Waals surface area contributed by atoms with Gasteiger partial charge in [-0.2, -0.15) is 0 Å². The molecular formula is C23H24N4O3S. The summed E-state index contributed by atoms with van der Waals surface area (Å²) in [5.74, 6) is -0.650. The highest BCUT2D eigenvalue weighted by molar-refractivity contribution is 7.88. The van der Waals surface area contributed by atoms with Crippen molar-refractivity contribution in [2.75, 3.05) is 5.32 Å². The number of sulfonamides is 1. The molecule has 0 fully saturated rings. The minimum Gasteiger partial charge on any atom is -0.384 e. The van der Waals surface area contributed by atoms with E-state index < -0.39 is 16.1 Å². The molecule has 7 nitrogen and oxygen atoms in total. The Hall–Kier alpha value is -3.49. The van der Waals surface area contributed by atoms with Crippen molar-refractivity contribution in [1.29, 1.82) is 5.41 Å². The van der Waals surface area contributed by atoms with Crippen molar-refractivity contribution in [1.82, 2.24) is 4.72 Å². The summed E-state index contributed by atoms with van der Waals surface area (Å²) in [6.45, 7) is 0. The molecule has 0 aliphatic rings. The number of hydrogen-bond donors (Lipinski definition) is 4. The Morgan fingerprint density at radius 2 is 1.58 bits per heavy atom. The molecule has 0 aliphatic heterocycles. The average Bonchev–Trinajstić information content (AvgIpc) is 2.74. The Bertz CT molecular complexity index is 1150. The highest BCUT2D eigenvalue weighted by Gasteiger charge is 2.22. The van der Waals surface area contributed by atoms with Crippen molar-refractivity contribution < 1.29 is 13.2 Å². The number of benzene rings is 3. The van der Waals surface area contributed by atoms with Crippen LogP contribution in [-0.2, 0) is 20.6 Å². The van der Waals surface area contributed by atoms with E-state index in [4.69, 9.17) is 11.1 Å². The summed E-state index contributed by atoms with van der Waals surface area (Å²) in [5, 5.41) is 10.3. The van der Waals surface area contributed by atoms with Gasteiger partial charge in [0.05, 0.1) is 11.8 Å². The Morgan fingerprint density at radius 1 is 0.935 bits per heavy atom. The maximum atomic E-state index is 12.8. The molecule has 0 bridgehead atoms. The van der Waals surface area contributed by atoms with E-state index in [0.717, 1.165) is 0 Å². The number of anilines is 1. The van der Waals surface area contributed by atoms with E-state index in [-0.39, 0.29) is 23.9 Å². The third kappa shape index (κ3) is 6.77. The van der Waals surface area contributed by atoms with Crippen LogP contribution >= 0.6 is 0 Å². The summed E-state index contributed by atoms with van der Waals surface area (Å²) in [6, 6.07) is 23.7. The van der Waals surface area contributed by atoms with E-state index in [0.29, 0.717) is 22.4 Å². The fraction of sp³-hybridized carbons (Fsp3) is 0.130. The fourth-order valence-electron chi connectivity index (χ4n) is 3.13. The first-order valence-electron chi connectivity index (χ1n) is 9.65. The molecule has 3 rings (SSSR count). The summed E-state index contributed by atoms with van der Waals surface area (Å²) >= 11 is 0. The lowest BCUT2D eigenvalue weighted by molar-refractivity contribution is -0.116. The van der Waals surface area contributed by atoms with Crippen LogP contribution in [-0.4, -0.2) is 20.2 Å². The van der Waals surface area contributed by atoms with Gasteiger partial charge < -0.3 is 11.1 Å². The van der Waals surface area contributed by atoms with Crippen LogP contribution in [0.3, 0.4) is 0 Å². The Labute approximate surface area is 181 Å². The van der Waals surface area contributed by atoms with Crippen molar-refractivity contribution in [2.24, 2.45) is 5.73 Å². The van der Waals surface area contributed by atoms with Gasteiger partial charge in [0.2, 0.25) is 15.9 Å². The lowest BCUT2D eigenvalue weighted by Crippen LogP contribution is -2.32.